The zero-order chi connectivity index (χ0) is 22.1. The molecule has 4 rings (SSSR count). The van der Waals surface area contributed by atoms with E-state index in [2.05, 4.69) is 20.3 Å². The highest BCUT2D eigenvalue weighted by atomic mass is 19.3. The van der Waals surface area contributed by atoms with E-state index in [0.29, 0.717) is 36.7 Å². The highest BCUT2D eigenvalue weighted by Crippen LogP contribution is 2.30. The van der Waals surface area contributed by atoms with Crippen molar-refractivity contribution in [3.05, 3.63) is 57.4 Å². The van der Waals surface area contributed by atoms with Gasteiger partial charge in [0.15, 0.2) is 5.75 Å². The van der Waals surface area contributed by atoms with E-state index in [-0.39, 0.29) is 23.1 Å². The van der Waals surface area contributed by atoms with Crippen molar-refractivity contribution in [3.8, 4) is 5.75 Å². The first-order valence-electron chi connectivity index (χ1n) is 9.82. The fourth-order valence-corrected chi connectivity index (χ4v) is 3.52. The summed E-state index contributed by atoms with van der Waals surface area (Å²) in [6, 6.07) is 4.71. The molecule has 164 valence electrons. The molecule has 1 aliphatic heterocycles. The summed E-state index contributed by atoms with van der Waals surface area (Å²) in [6.45, 7) is 4.23. The van der Waals surface area contributed by atoms with E-state index in [1.165, 1.54) is 18.2 Å². The molecule has 1 saturated heterocycles. The van der Waals surface area contributed by atoms with E-state index in [0.717, 1.165) is 6.07 Å². The van der Waals surface area contributed by atoms with Gasteiger partial charge in [-0.2, -0.15) is 0 Å². The molecule has 0 aliphatic carbocycles. The minimum Gasteiger partial charge on any atom is -0.482 e. The highest BCUT2D eigenvalue weighted by Gasteiger charge is 2.22. The summed E-state index contributed by atoms with van der Waals surface area (Å²) >= 11 is 0. The number of aryl methyl sites for hydroxylation is 1. The van der Waals surface area contributed by atoms with Crippen LogP contribution in [0.3, 0.4) is 0 Å². The second-order valence-corrected chi connectivity index (χ2v) is 7.37. The fourth-order valence-electron chi connectivity index (χ4n) is 3.52. The Morgan fingerprint density at radius 3 is 2.77 bits per heavy atom. The molecule has 0 radical (unpaired) electrons. The number of nitrogens with zero attached hydrogens (tertiary/aromatic N) is 2. The third-order valence-electron chi connectivity index (χ3n) is 5.08. The van der Waals surface area contributed by atoms with Crippen molar-refractivity contribution in [2.45, 2.75) is 38.8 Å². The minimum absolute atomic E-state index is 0.0752. The number of pyridine rings is 1. The normalized spacial score (nSPS) is 17.3. The van der Waals surface area contributed by atoms with Gasteiger partial charge in [-0.25, -0.2) is 23.1 Å². The molecule has 2 N–H and O–H groups in total. The average molecular weight is 434 g/mol. The lowest BCUT2D eigenvalue weighted by Gasteiger charge is -2.19. The number of hydrogen-bond donors (Lipinski definition) is 2. The second-order valence-electron chi connectivity index (χ2n) is 7.37. The van der Waals surface area contributed by atoms with Crippen molar-refractivity contribution in [1.29, 1.82) is 0 Å². The van der Waals surface area contributed by atoms with Gasteiger partial charge in [0.25, 0.3) is 12.0 Å². The molecule has 1 aromatic carbocycles. The van der Waals surface area contributed by atoms with Gasteiger partial charge in [-0.1, -0.05) is 18.2 Å². The number of alkyl halides is 2. The molecule has 0 bridgehead atoms. The largest absolute Gasteiger partial charge is 0.482 e. The zero-order valence-corrected chi connectivity index (χ0v) is 16.9. The number of fused-ring (bicyclic) bond motifs is 1. The molecule has 0 amide bonds. The van der Waals surface area contributed by atoms with Crippen molar-refractivity contribution >= 4 is 16.9 Å². The average Bonchev–Trinajstić information content (AvgIpc) is 3.22. The zero-order valence-electron chi connectivity index (χ0n) is 16.9. The van der Waals surface area contributed by atoms with E-state index in [4.69, 9.17) is 9.47 Å². The van der Waals surface area contributed by atoms with Crippen LogP contribution in [-0.4, -0.2) is 34.3 Å². The van der Waals surface area contributed by atoms with Gasteiger partial charge < -0.3 is 19.8 Å². The molecular weight excluding hydrogens is 413 g/mol. The number of ether oxygens (including phenoxy) is 2. The maximum atomic E-state index is 14.6. The third-order valence-corrected chi connectivity index (χ3v) is 5.08. The Balaban J connectivity index is 1.71. The number of benzene rings is 1. The van der Waals surface area contributed by atoms with E-state index in [9.17, 15) is 18.0 Å². The minimum atomic E-state index is -2.92. The number of H-pyrrole nitrogens is 1. The topological polar surface area (TPSA) is 89.1 Å². The smallest absolute Gasteiger partial charge is 0.291 e. The number of hydrogen-bond acceptors (Lipinski definition) is 6. The standard InChI is InChI=1S/C21H21F3N4O3/c1-10(13-4-3-5-14(17(13)22)18(23)24)25-19-15-8-16(31-12-6-7-30-9-12)21(29)28-20(15)27-11(2)26-19/h3-5,8,10,12,18H,6-7,9H2,1-2H3,(H2,25,26,27,28,29)/t10-,12?/m1/s1. The Bertz CT molecular complexity index is 1160. The third kappa shape index (κ3) is 4.34. The molecule has 31 heavy (non-hydrogen) atoms. The molecule has 2 aromatic heterocycles. The molecular formula is C21H21F3N4O3. The number of anilines is 1. The SMILES string of the molecule is Cc1nc(N[C@H](C)c2cccc(C(F)F)c2F)c2cc(OC3CCOC3)c(=O)[nH]c2n1. The molecule has 3 aromatic rings. The van der Waals surface area contributed by atoms with E-state index >= 15 is 0 Å². The molecule has 1 fully saturated rings. The lowest BCUT2D eigenvalue weighted by molar-refractivity contribution is 0.140. The summed E-state index contributed by atoms with van der Waals surface area (Å²) in [4.78, 5) is 23.7. The lowest BCUT2D eigenvalue weighted by atomic mass is 10.0. The van der Waals surface area contributed by atoms with Crippen LogP contribution >= 0.6 is 0 Å². The van der Waals surface area contributed by atoms with Gasteiger partial charge in [0.2, 0.25) is 0 Å². The van der Waals surface area contributed by atoms with Gasteiger partial charge in [-0.3, -0.25) is 4.79 Å². The second kappa shape index (κ2) is 8.54. The molecule has 7 nitrogen and oxygen atoms in total. The van der Waals surface area contributed by atoms with E-state index < -0.39 is 29.4 Å². The van der Waals surface area contributed by atoms with Crippen molar-refractivity contribution in [2.75, 3.05) is 18.5 Å². The first-order chi connectivity index (χ1) is 14.8. The first-order valence-corrected chi connectivity index (χ1v) is 9.82. The molecule has 0 spiro atoms. The van der Waals surface area contributed by atoms with Crippen LogP contribution in [0.4, 0.5) is 19.0 Å². The summed E-state index contributed by atoms with van der Waals surface area (Å²) in [5.41, 5.74) is -0.740. The maximum absolute atomic E-state index is 14.6. The van der Waals surface area contributed by atoms with Crippen LogP contribution in [0.15, 0.2) is 29.1 Å². The summed E-state index contributed by atoms with van der Waals surface area (Å²) in [7, 11) is 0. The molecule has 10 heteroatoms. The van der Waals surface area contributed by atoms with Crippen LogP contribution in [-0.2, 0) is 4.74 Å². The number of nitrogens with one attached hydrogen (secondary N) is 2. The van der Waals surface area contributed by atoms with E-state index in [1.807, 2.05) is 0 Å². The van der Waals surface area contributed by atoms with Crippen LogP contribution in [0, 0.1) is 12.7 Å². The van der Waals surface area contributed by atoms with E-state index in [1.54, 1.807) is 13.8 Å². The summed E-state index contributed by atoms with van der Waals surface area (Å²) in [6.07, 6.45) is -2.48. The number of aromatic nitrogens is 3. The van der Waals surface area contributed by atoms with Gasteiger partial charge in [0, 0.05) is 18.1 Å². The van der Waals surface area contributed by atoms with Gasteiger partial charge in [0.05, 0.1) is 30.2 Å². The Kier molecular flexibility index (Phi) is 5.81. The monoisotopic (exact) mass is 434 g/mol. The molecule has 2 atom stereocenters. The highest BCUT2D eigenvalue weighted by molar-refractivity contribution is 5.87. The van der Waals surface area contributed by atoms with Gasteiger partial charge in [-0.05, 0) is 13.8 Å². The van der Waals surface area contributed by atoms with Crippen molar-refractivity contribution < 1.29 is 22.6 Å². The van der Waals surface area contributed by atoms with Gasteiger partial charge in [-0.15, -0.1) is 0 Å². The van der Waals surface area contributed by atoms with Gasteiger partial charge in [0.1, 0.15) is 29.2 Å². The van der Waals surface area contributed by atoms with Gasteiger partial charge >= 0.3 is 0 Å². The quantitative estimate of drug-likeness (QED) is 0.609. The van der Waals surface area contributed by atoms with Crippen molar-refractivity contribution in [2.24, 2.45) is 0 Å². The van der Waals surface area contributed by atoms with Crippen LogP contribution in [0.5, 0.6) is 5.75 Å². The Morgan fingerprint density at radius 2 is 2.06 bits per heavy atom. The summed E-state index contributed by atoms with van der Waals surface area (Å²) in [5.74, 6) is -0.179. The molecule has 3 heterocycles. The molecule has 0 saturated carbocycles. The number of aromatic amines is 1. The lowest BCUT2D eigenvalue weighted by Crippen LogP contribution is -2.21. The Hall–Kier alpha value is -3.14. The van der Waals surface area contributed by atoms with Crippen molar-refractivity contribution in [1.82, 2.24) is 15.0 Å². The molecule has 1 aliphatic rings. The fraction of sp³-hybridized carbons (Fsp3) is 0.381. The first kappa shape index (κ1) is 21.1. The molecule has 1 unspecified atom stereocenters. The van der Waals surface area contributed by atoms with Crippen molar-refractivity contribution in [3.63, 3.8) is 0 Å². The summed E-state index contributed by atoms with van der Waals surface area (Å²) in [5, 5.41) is 3.51. The Labute approximate surface area is 175 Å². The van der Waals surface area contributed by atoms with Crippen LogP contribution in [0.2, 0.25) is 0 Å². The predicted octanol–water partition coefficient (Wildman–Crippen LogP) is 4.04. The van der Waals surface area contributed by atoms with Crippen LogP contribution in [0.1, 0.15) is 42.8 Å². The number of rotatable bonds is 6. The number of halogens is 3. The Morgan fingerprint density at radius 1 is 1.29 bits per heavy atom. The predicted molar refractivity (Wildman–Crippen MR) is 108 cm³/mol. The van der Waals surface area contributed by atoms with Crippen LogP contribution < -0.4 is 15.6 Å². The summed E-state index contributed by atoms with van der Waals surface area (Å²) < 4.78 is 51.8. The maximum Gasteiger partial charge on any atom is 0.291 e. The van der Waals surface area contributed by atoms with Crippen LogP contribution in [0.25, 0.3) is 11.0 Å².